The molecule has 0 radical (unpaired) electrons. The Bertz CT molecular complexity index is 898. The first-order chi connectivity index (χ1) is 11.5. The second kappa shape index (κ2) is 7.44. The molecule has 126 valence electrons. The summed E-state index contributed by atoms with van der Waals surface area (Å²) in [5.74, 6) is 7.39. The van der Waals surface area contributed by atoms with Crippen LogP contribution in [0.3, 0.4) is 0 Å². The zero-order chi connectivity index (χ0) is 17.0. The molecule has 24 heavy (non-hydrogen) atoms. The third-order valence-corrected chi connectivity index (χ3v) is 6.46. The summed E-state index contributed by atoms with van der Waals surface area (Å²) in [6, 6.07) is 8.46. The minimum absolute atomic E-state index is 0.0162. The predicted octanol–water partition coefficient (Wildman–Crippen LogP) is 2.60. The highest BCUT2D eigenvalue weighted by Gasteiger charge is 2.15. The van der Waals surface area contributed by atoms with E-state index >= 15 is 0 Å². The van der Waals surface area contributed by atoms with E-state index in [-0.39, 0.29) is 24.2 Å². The van der Waals surface area contributed by atoms with Gasteiger partial charge in [0, 0.05) is 6.07 Å². The van der Waals surface area contributed by atoms with Gasteiger partial charge in [-0.2, -0.15) is 4.72 Å². The van der Waals surface area contributed by atoms with E-state index in [2.05, 4.69) is 32.5 Å². The van der Waals surface area contributed by atoms with Gasteiger partial charge in [0.15, 0.2) is 11.5 Å². The lowest BCUT2D eigenvalue weighted by molar-refractivity contribution is 0.174. The summed E-state index contributed by atoms with van der Waals surface area (Å²) < 4.78 is 43.3. The first kappa shape index (κ1) is 17.1. The monoisotopic (exact) mass is 429 g/mol. The number of benzene rings is 1. The second-order valence-corrected chi connectivity index (χ2v) is 9.00. The molecule has 1 N–H and O–H groups in total. The van der Waals surface area contributed by atoms with Crippen molar-refractivity contribution in [2.75, 3.05) is 19.9 Å². The van der Waals surface area contributed by atoms with E-state index in [9.17, 15) is 8.42 Å². The summed E-state index contributed by atoms with van der Waals surface area (Å²) >= 11 is 4.37. The predicted molar refractivity (Wildman–Crippen MR) is 93.0 cm³/mol. The lowest BCUT2D eigenvalue weighted by atomic mass is 10.3. The van der Waals surface area contributed by atoms with Crippen molar-refractivity contribution in [3.05, 3.63) is 34.1 Å². The molecule has 0 saturated carbocycles. The average Bonchev–Trinajstić information content (AvgIpc) is 3.19. The van der Waals surface area contributed by atoms with E-state index in [1.54, 1.807) is 24.3 Å². The number of nitrogens with one attached hydrogen (secondary N) is 1. The van der Waals surface area contributed by atoms with Crippen LogP contribution in [0, 0.1) is 11.8 Å². The van der Waals surface area contributed by atoms with Crippen LogP contribution in [0.15, 0.2) is 38.3 Å². The SMILES string of the molecule is O=S(=O)(NCC#CCOc1ccc2c(c1)OCO2)c1ccc(Br)s1. The number of rotatable bonds is 5. The molecule has 1 aromatic heterocycles. The van der Waals surface area contributed by atoms with Crippen molar-refractivity contribution < 1.29 is 22.6 Å². The van der Waals surface area contributed by atoms with Crippen molar-refractivity contribution in [2.24, 2.45) is 0 Å². The maximum absolute atomic E-state index is 12.0. The molecule has 3 rings (SSSR count). The standard InChI is InChI=1S/C15H12BrNO5S2/c16-14-5-6-15(23-14)24(18,19)17-7-1-2-8-20-11-3-4-12-13(9-11)22-10-21-12/h3-6,9,17H,7-8,10H2. The van der Waals surface area contributed by atoms with Crippen molar-refractivity contribution in [2.45, 2.75) is 4.21 Å². The van der Waals surface area contributed by atoms with E-state index in [1.165, 1.54) is 6.07 Å². The van der Waals surface area contributed by atoms with Crippen molar-refractivity contribution in [3.63, 3.8) is 0 Å². The van der Waals surface area contributed by atoms with Gasteiger partial charge in [0.1, 0.15) is 16.6 Å². The Labute approximate surface area is 151 Å². The smallest absolute Gasteiger partial charge is 0.250 e. The van der Waals surface area contributed by atoms with Gasteiger partial charge in [0.05, 0.1) is 10.3 Å². The Kier molecular flexibility index (Phi) is 5.30. The van der Waals surface area contributed by atoms with Gasteiger partial charge in [0.2, 0.25) is 6.79 Å². The molecule has 1 aliphatic heterocycles. The molecule has 0 saturated heterocycles. The maximum Gasteiger partial charge on any atom is 0.250 e. The van der Waals surface area contributed by atoms with Crippen LogP contribution >= 0.6 is 27.3 Å². The summed E-state index contributed by atoms with van der Waals surface area (Å²) in [5, 5.41) is 0. The van der Waals surface area contributed by atoms with Gasteiger partial charge in [-0.3, -0.25) is 0 Å². The molecular formula is C15H12BrNO5S2. The zero-order valence-corrected chi connectivity index (χ0v) is 15.5. The first-order valence-electron chi connectivity index (χ1n) is 6.78. The molecule has 0 bridgehead atoms. The van der Waals surface area contributed by atoms with Crippen LogP contribution in [0.5, 0.6) is 17.2 Å². The number of hydrogen-bond donors (Lipinski definition) is 1. The fourth-order valence-electron chi connectivity index (χ4n) is 1.84. The molecule has 6 nitrogen and oxygen atoms in total. The molecule has 1 aromatic carbocycles. The number of ether oxygens (including phenoxy) is 3. The molecule has 0 spiro atoms. The van der Waals surface area contributed by atoms with Gasteiger partial charge < -0.3 is 14.2 Å². The number of sulfonamides is 1. The number of halogens is 1. The quantitative estimate of drug-likeness (QED) is 0.739. The van der Waals surface area contributed by atoms with E-state index in [1.807, 2.05) is 0 Å². The molecule has 0 fully saturated rings. The third kappa shape index (κ3) is 4.21. The van der Waals surface area contributed by atoms with Crippen LogP contribution in [-0.2, 0) is 10.0 Å². The summed E-state index contributed by atoms with van der Waals surface area (Å²) in [5.41, 5.74) is 0. The molecule has 0 aliphatic carbocycles. The fraction of sp³-hybridized carbons (Fsp3) is 0.200. The van der Waals surface area contributed by atoms with E-state index < -0.39 is 10.0 Å². The van der Waals surface area contributed by atoms with Gasteiger partial charge in [-0.1, -0.05) is 11.8 Å². The highest BCUT2D eigenvalue weighted by molar-refractivity contribution is 9.11. The zero-order valence-electron chi connectivity index (χ0n) is 12.2. The van der Waals surface area contributed by atoms with Gasteiger partial charge >= 0.3 is 0 Å². The lowest BCUT2D eigenvalue weighted by Gasteiger charge is -2.03. The molecule has 1 aliphatic rings. The molecular weight excluding hydrogens is 418 g/mol. The molecule has 2 heterocycles. The second-order valence-electron chi connectivity index (χ2n) is 4.54. The van der Waals surface area contributed by atoms with E-state index in [4.69, 9.17) is 14.2 Å². The Balaban J connectivity index is 1.47. The average molecular weight is 430 g/mol. The minimum Gasteiger partial charge on any atom is -0.481 e. The molecule has 0 atom stereocenters. The Morgan fingerprint density at radius 2 is 2.04 bits per heavy atom. The third-order valence-electron chi connectivity index (χ3n) is 2.94. The van der Waals surface area contributed by atoms with Crippen molar-refractivity contribution >= 4 is 37.3 Å². The number of hydrogen-bond acceptors (Lipinski definition) is 6. The Morgan fingerprint density at radius 1 is 1.21 bits per heavy atom. The van der Waals surface area contributed by atoms with E-state index in [0.29, 0.717) is 17.2 Å². The van der Waals surface area contributed by atoms with Crippen LogP contribution in [0.2, 0.25) is 0 Å². The van der Waals surface area contributed by atoms with Crippen LogP contribution in [-0.4, -0.2) is 28.4 Å². The topological polar surface area (TPSA) is 73.9 Å². The van der Waals surface area contributed by atoms with Crippen LogP contribution in [0.4, 0.5) is 0 Å². The number of thiophene rings is 1. The normalized spacial score (nSPS) is 12.5. The highest BCUT2D eigenvalue weighted by atomic mass is 79.9. The van der Waals surface area contributed by atoms with Crippen molar-refractivity contribution in [1.82, 2.24) is 4.72 Å². The van der Waals surface area contributed by atoms with Gasteiger partial charge in [0.25, 0.3) is 10.0 Å². The van der Waals surface area contributed by atoms with Crippen molar-refractivity contribution in [1.29, 1.82) is 0 Å². The van der Waals surface area contributed by atoms with E-state index in [0.717, 1.165) is 15.1 Å². The molecule has 0 unspecified atom stereocenters. The summed E-state index contributed by atoms with van der Waals surface area (Å²) in [7, 11) is -3.52. The number of fused-ring (bicyclic) bond motifs is 1. The maximum atomic E-state index is 12.0. The summed E-state index contributed by atoms with van der Waals surface area (Å²) in [4.78, 5) is 0. The van der Waals surface area contributed by atoms with Gasteiger partial charge in [-0.05, 0) is 40.2 Å². The lowest BCUT2D eigenvalue weighted by Crippen LogP contribution is -2.23. The van der Waals surface area contributed by atoms with Crippen LogP contribution in [0.25, 0.3) is 0 Å². The Hall–Kier alpha value is -1.73. The largest absolute Gasteiger partial charge is 0.481 e. The minimum atomic E-state index is -3.52. The molecule has 2 aromatic rings. The Morgan fingerprint density at radius 3 is 2.83 bits per heavy atom. The van der Waals surface area contributed by atoms with Gasteiger partial charge in [-0.25, -0.2) is 8.42 Å². The highest BCUT2D eigenvalue weighted by Crippen LogP contribution is 2.34. The van der Waals surface area contributed by atoms with Crippen molar-refractivity contribution in [3.8, 4) is 29.1 Å². The molecule has 0 amide bonds. The first-order valence-corrected chi connectivity index (χ1v) is 9.87. The molecule has 9 heteroatoms. The van der Waals surface area contributed by atoms with Crippen LogP contribution in [0.1, 0.15) is 0 Å². The van der Waals surface area contributed by atoms with Gasteiger partial charge in [-0.15, -0.1) is 11.3 Å². The summed E-state index contributed by atoms with van der Waals surface area (Å²) in [6.07, 6.45) is 0. The van der Waals surface area contributed by atoms with Crippen LogP contribution < -0.4 is 18.9 Å². The summed E-state index contributed by atoms with van der Waals surface area (Å²) in [6.45, 7) is 0.369. The fourth-order valence-corrected chi connectivity index (χ4v) is 4.82.